The van der Waals surface area contributed by atoms with E-state index in [9.17, 15) is 0 Å². The lowest BCUT2D eigenvalue weighted by atomic mass is 10.1. The first kappa shape index (κ1) is 12.5. The number of aliphatic imine (C=N–C) groups is 1. The second kappa shape index (κ2) is 5.25. The topological polar surface area (TPSA) is 50.8 Å². The SMILES string of the molecule is COc1ccccc1CN1Cc2ccccc2N=C1N. The fraction of sp³-hybridized carbons (Fsp3) is 0.188. The number of guanidine groups is 1. The number of ether oxygens (including phenoxy) is 1. The lowest BCUT2D eigenvalue weighted by Gasteiger charge is -2.28. The van der Waals surface area contributed by atoms with E-state index in [2.05, 4.69) is 16.0 Å². The molecule has 4 nitrogen and oxygen atoms in total. The highest BCUT2D eigenvalue weighted by atomic mass is 16.5. The zero-order valence-corrected chi connectivity index (χ0v) is 11.4. The summed E-state index contributed by atoms with van der Waals surface area (Å²) >= 11 is 0. The number of methoxy groups -OCH3 is 1. The highest BCUT2D eigenvalue weighted by Gasteiger charge is 2.18. The smallest absolute Gasteiger partial charge is 0.197 e. The Morgan fingerprint density at radius 3 is 2.75 bits per heavy atom. The molecule has 1 aliphatic rings. The predicted octanol–water partition coefficient (Wildman–Crippen LogP) is 2.66. The van der Waals surface area contributed by atoms with E-state index in [1.165, 1.54) is 5.56 Å². The second-order valence-corrected chi connectivity index (χ2v) is 4.77. The monoisotopic (exact) mass is 267 g/mol. The standard InChI is InChI=1S/C16H17N3O/c1-20-15-9-5-3-7-13(15)11-19-10-12-6-2-4-8-14(12)18-16(19)17/h2-9H,10-11H2,1H3,(H2,17,18). The fourth-order valence-electron chi connectivity index (χ4n) is 2.41. The lowest BCUT2D eigenvalue weighted by molar-refractivity contribution is 0.370. The summed E-state index contributed by atoms with van der Waals surface area (Å²) in [4.78, 5) is 6.51. The first-order chi connectivity index (χ1) is 9.78. The van der Waals surface area contributed by atoms with E-state index in [1.807, 2.05) is 42.5 Å². The molecule has 2 aromatic rings. The predicted molar refractivity (Wildman–Crippen MR) is 80.0 cm³/mol. The van der Waals surface area contributed by atoms with Crippen molar-refractivity contribution < 1.29 is 4.74 Å². The van der Waals surface area contributed by atoms with Crippen molar-refractivity contribution in [2.75, 3.05) is 7.11 Å². The highest BCUT2D eigenvalue weighted by molar-refractivity contribution is 5.83. The molecule has 4 heteroatoms. The van der Waals surface area contributed by atoms with Gasteiger partial charge in [0.25, 0.3) is 0 Å². The number of benzene rings is 2. The summed E-state index contributed by atoms with van der Waals surface area (Å²) in [6.07, 6.45) is 0. The number of hydrogen-bond donors (Lipinski definition) is 1. The molecule has 0 atom stereocenters. The van der Waals surface area contributed by atoms with E-state index in [0.717, 1.165) is 23.5 Å². The van der Waals surface area contributed by atoms with E-state index in [-0.39, 0.29) is 0 Å². The second-order valence-electron chi connectivity index (χ2n) is 4.77. The van der Waals surface area contributed by atoms with Crippen LogP contribution in [-0.2, 0) is 13.1 Å². The Bertz CT molecular complexity index is 652. The molecular weight excluding hydrogens is 250 g/mol. The molecule has 0 radical (unpaired) electrons. The van der Waals surface area contributed by atoms with Gasteiger partial charge in [-0.15, -0.1) is 0 Å². The summed E-state index contributed by atoms with van der Waals surface area (Å²) in [6.45, 7) is 1.46. The zero-order chi connectivity index (χ0) is 13.9. The molecule has 0 amide bonds. The van der Waals surface area contributed by atoms with Crippen LogP contribution in [0, 0.1) is 0 Å². The van der Waals surface area contributed by atoms with Crippen LogP contribution >= 0.6 is 0 Å². The van der Waals surface area contributed by atoms with Crippen LogP contribution in [0.15, 0.2) is 53.5 Å². The van der Waals surface area contributed by atoms with Crippen LogP contribution in [-0.4, -0.2) is 18.0 Å². The number of rotatable bonds is 3. The number of nitrogens with two attached hydrogens (primary N) is 1. The quantitative estimate of drug-likeness (QED) is 0.930. The molecule has 3 rings (SSSR count). The van der Waals surface area contributed by atoms with Crippen molar-refractivity contribution in [2.45, 2.75) is 13.1 Å². The Morgan fingerprint density at radius 1 is 1.15 bits per heavy atom. The van der Waals surface area contributed by atoms with Crippen LogP contribution in [0.2, 0.25) is 0 Å². The Balaban J connectivity index is 1.86. The van der Waals surface area contributed by atoms with Gasteiger partial charge in [-0.2, -0.15) is 0 Å². The van der Waals surface area contributed by atoms with Gasteiger partial charge in [0.15, 0.2) is 5.96 Å². The minimum atomic E-state index is 0.551. The van der Waals surface area contributed by atoms with Crippen molar-refractivity contribution in [2.24, 2.45) is 10.7 Å². The van der Waals surface area contributed by atoms with Gasteiger partial charge in [-0.3, -0.25) is 0 Å². The number of fused-ring (bicyclic) bond motifs is 1. The van der Waals surface area contributed by atoms with E-state index in [0.29, 0.717) is 12.5 Å². The summed E-state index contributed by atoms with van der Waals surface area (Å²) in [5, 5.41) is 0. The number of nitrogens with zero attached hydrogens (tertiary/aromatic N) is 2. The molecule has 0 spiro atoms. The molecule has 0 saturated carbocycles. The minimum absolute atomic E-state index is 0.551. The summed E-state index contributed by atoms with van der Waals surface area (Å²) in [6, 6.07) is 16.0. The molecule has 0 aromatic heterocycles. The highest BCUT2D eigenvalue weighted by Crippen LogP contribution is 2.27. The maximum atomic E-state index is 6.07. The Kier molecular flexibility index (Phi) is 3.29. The fourth-order valence-corrected chi connectivity index (χ4v) is 2.41. The first-order valence-electron chi connectivity index (χ1n) is 6.57. The van der Waals surface area contributed by atoms with E-state index < -0.39 is 0 Å². The molecule has 0 bridgehead atoms. The van der Waals surface area contributed by atoms with Crippen molar-refractivity contribution in [1.29, 1.82) is 0 Å². The third kappa shape index (κ3) is 2.32. The van der Waals surface area contributed by atoms with Crippen molar-refractivity contribution in [3.8, 4) is 5.75 Å². The van der Waals surface area contributed by atoms with E-state index >= 15 is 0 Å². The molecule has 1 aliphatic heterocycles. The molecule has 0 unspecified atom stereocenters. The summed E-state index contributed by atoms with van der Waals surface area (Å²) in [5.41, 5.74) is 9.32. The largest absolute Gasteiger partial charge is 0.496 e. The van der Waals surface area contributed by atoms with Crippen molar-refractivity contribution in [3.05, 3.63) is 59.7 Å². The zero-order valence-electron chi connectivity index (χ0n) is 11.4. The summed E-state index contributed by atoms with van der Waals surface area (Å²) in [7, 11) is 1.68. The maximum Gasteiger partial charge on any atom is 0.197 e. The van der Waals surface area contributed by atoms with E-state index in [1.54, 1.807) is 7.11 Å². The maximum absolute atomic E-state index is 6.07. The van der Waals surface area contributed by atoms with Gasteiger partial charge >= 0.3 is 0 Å². The van der Waals surface area contributed by atoms with Crippen molar-refractivity contribution in [3.63, 3.8) is 0 Å². The van der Waals surface area contributed by atoms with Gasteiger partial charge in [-0.05, 0) is 17.7 Å². The third-order valence-electron chi connectivity index (χ3n) is 3.47. The first-order valence-corrected chi connectivity index (χ1v) is 6.57. The average molecular weight is 267 g/mol. The molecular formula is C16H17N3O. The lowest BCUT2D eigenvalue weighted by Crippen LogP contribution is -2.38. The third-order valence-corrected chi connectivity index (χ3v) is 3.47. The molecule has 102 valence electrons. The Labute approximate surface area is 118 Å². The normalized spacial score (nSPS) is 13.7. The summed E-state index contributed by atoms with van der Waals surface area (Å²) in [5.74, 6) is 1.42. The van der Waals surface area contributed by atoms with Crippen LogP contribution in [0.4, 0.5) is 5.69 Å². The Hall–Kier alpha value is -2.49. The van der Waals surface area contributed by atoms with E-state index in [4.69, 9.17) is 10.5 Å². The van der Waals surface area contributed by atoms with Crippen molar-refractivity contribution in [1.82, 2.24) is 4.90 Å². The molecule has 2 aromatic carbocycles. The molecule has 0 aliphatic carbocycles. The molecule has 0 saturated heterocycles. The van der Waals surface area contributed by atoms with Crippen LogP contribution in [0.25, 0.3) is 0 Å². The molecule has 0 fully saturated rings. The van der Waals surface area contributed by atoms with Gasteiger partial charge in [0.2, 0.25) is 0 Å². The van der Waals surface area contributed by atoms with Crippen LogP contribution < -0.4 is 10.5 Å². The molecule has 2 N–H and O–H groups in total. The molecule has 1 heterocycles. The van der Waals surface area contributed by atoms with Crippen LogP contribution in [0.5, 0.6) is 5.75 Å². The Morgan fingerprint density at radius 2 is 1.90 bits per heavy atom. The van der Waals surface area contributed by atoms with Gasteiger partial charge < -0.3 is 15.4 Å². The van der Waals surface area contributed by atoms with Crippen LogP contribution in [0.1, 0.15) is 11.1 Å². The van der Waals surface area contributed by atoms with Gasteiger partial charge in [0, 0.05) is 18.7 Å². The number of para-hydroxylation sites is 2. The summed E-state index contributed by atoms with van der Waals surface area (Å²) < 4.78 is 5.38. The van der Waals surface area contributed by atoms with Crippen molar-refractivity contribution >= 4 is 11.6 Å². The minimum Gasteiger partial charge on any atom is -0.496 e. The van der Waals surface area contributed by atoms with Gasteiger partial charge in [-0.1, -0.05) is 36.4 Å². The van der Waals surface area contributed by atoms with Gasteiger partial charge in [0.05, 0.1) is 12.8 Å². The number of hydrogen-bond acceptors (Lipinski definition) is 4. The average Bonchev–Trinajstić information content (AvgIpc) is 2.48. The van der Waals surface area contributed by atoms with Crippen LogP contribution in [0.3, 0.4) is 0 Å². The van der Waals surface area contributed by atoms with Gasteiger partial charge in [-0.25, -0.2) is 4.99 Å². The molecule has 20 heavy (non-hydrogen) atoms. The van der Waals surface area contributed by atoms with Gasteiger partial charge in [0.1, 0.15) is 5.75 Å².